The summed E-state index contributed by atoms with van der Waals surface area (Å²) in [6.45, 7) is 1.19. The summed E-state index contributed by atoms with van der Waals surface area (Å²) in [4.78, 5) is 14.0. The van der Waals surface area contributed by atoms with Crippen LogP contribution in [0.1, 0.15) is 12.8 Å². The second kappa shape index (κ2) is 6.78. The maximum absolute atomic E-state index is 12.2. The molecule has 6 heteroatoms. The highest BCUT2D eigenvalue weighted by Gasteiger charge is 2.35. The molecule has 21 heavy (non-hydrogen) atoms. The molecular weight excluding hydrogens is 272 g/mol. The monoisotopic (exact) mass is 294 g/mol. The van der Waals surface area contributed by atoms with Crippen LogP contribution < -0.4 is 10.1 Å². The summed E-state index contributed by atoms with van der Waals surface area (Å²) < 4.78 is 16.0. The minimum atomic E-state index is -0.563. The third-order valence-electron chi connectivity index (χ3n) is 3.88. The van der Waals surface area contributed by atoms with Gasteiger partial charge < -0.3 is 24.4 Å². The molecule has 1 N–H and O–H groups in total. The van der Waals surface area contributed by atoms with Crippen LogP contribution in [0.25, 0.3) is 0 Å². The highest BCUT2D eigenvalue weighted by Crippen LogP contribution is 2.27. The third-order valence-corrected chi connectivity index (χ3v) is 3.88. The molecule has 1 fully saturated rings. The number of carbonyl (C=O) groups is 1. The third kappa shape index (κ3) is 3.65. The van der Waals surface area contributed by atoms with Crippen molar-refractivity contribution in [1.82, 2.24) is 4.90 Å². The van der Waals surface area contributed by atoms with Crippen LogP contribution in [-0.4, -0.2) is 51.1 Å². The van der Waals surface area contributed by atoms with Crippen LogP contribution in [0, 0.1) is 0 Å². The van der Waals surface area contributed by atoms with Gasteiger partial charge in [-0.15, -0.1) is 0 Å². The zero-order valence-corrected chi connectivity index (χ0v) is 12.7. The van der Waals surface area contributed by atoms with Gasteiger partial charge in [0.15, 0.2) is 5.79 Å². The van der Waals surface area contributed by atoms with Gasteiger partial charge in [-0.25, -0.2) is 4.79 Å². The second-order valence-electron chi connectivity index (χ2n) is 4.97. The van der Waals surface area contributed by atoms with Crippen molar-refractivity contribution in [3.63, 3.8) is 0 Å². The van der Waals surface area contributed by atoms with Crippen molar-refractivity contribution in [2.45, 2.75) is 18.6 Å². The number of methoxy groups -OCH3 is 3. The molecule has 0 unspecified atom stereocenters. The van der Waals surface area contributed by atoms with Gasteiger partial charge in [-0.3, -0.25) is 0 Å². The van der Waals surface area contributed by atoms with Gasteiger partial charge in [0.2, 0.25) is 0 Å². The maximum atomic E-state index is 12.2. The highest BCUT2D eigenvalue weighted by molar-refractivity contribution is 5.89. The van der Waals surface area contributed by atoms with Crippen LogP contribution in [0.2, 0.25) is 0 Å². The Labute approximate surface area is 125 Å². The van der Waals surface area contributed by atoms with Crippen molar-refractivity contribution in [3.8, 4) is 5.75 Å². The van der Waals surface area contributed by atoms with E-state index in [1.807, 2.05) is 18.2 Å². The Morgan fingerprint density at radius 3 is 2.43 bits per heavy atom. The normalized spacial score (nSPS) is 17.4. The molecule has 6 nitrogen and oxygen atoms in total. The molecule has 2 amide bonds. The van der Waals surface area contributed by atoms with Crippen molar-refractivity contribution >= 4 is 11.7 Å². The van der Waals surface area contributed by atoms with Crippen molar-refractivity contribution in [2.24, 2.45) is 0 Å². The molecule has 1 aliphatic rings. The number of likely N-dealkylation sites (tertiary alicyclic amines) is 1. The van der Waals surface area contributed by atoms with Gasteiger partial charge in [-0.1, -0.05) is 6.07 Å². The van der Waals surface area contributed by atoms with Crippen LogP contribution in [-0.2, 0) is 9.47 Å². The standard InChI is InChI=1S/C15H22N2O4/c1-19-13-6-4-5-12(11-13)16-14(18)17-9-7-15(20-2,21-3)8-10-17/h4-6,11H,7-10H2,1-3H3,(H,16,18). The lowest BCUT2D eigenvalue weighted by Crippen LogP contribution is -2.49. The number of urea groups is 1. The number of anilines is 1. The number of piperidine rings is 1. The summed E-state index contributed by atoms with van der Waals surface area (Å²) in [7, 11) is 4.87. The fourth-order valence-electron chi connectivity index (χ4n) is 2.45. The maximum Gasteiger partial charge on any atom is 0.321 e. The first-order chi connectivity index (χ1) is 10.1. The number of hydrogen-bond acceptors (Lipinski definition) is 4. The summed E-state index contributed by atoms with van der Waals surface area (Å²) in [5, 5.41) is 2.88. The highest BCUT2D eigenvalue weighted by atomic mass is 16.7. The average Bonchev–Trinajstić information content (AvgIpc) is 2.55. The molecule has 116 valence electrons. The Morgan fingerprint density at radius 1 is 1.19 bits per heavy atom. The van der Waals surface area contributed by atoms with Gasteiger partial charge in [-0.2, -0.15) is 0 Å². The lowest BCUT2D eigenvalue weighted by atomic mass is 10.0. The van der Waals surface area contributed by atoms with E-state index >= 15 is 0 Å². The first-order valence-corrected chi connectivity index (χ1v) is 6.93. The number of nitrogens with zero attached hydrogens (tertiary/aromatic N) is 1. The van der Waals surface area contributed by atoms with Crippen LogP contribution in [0.15, 0.2) is 24.3 Å². The molecule has 1 aliphatic heterocycles. The Hall–Kier alpha value is -1.79. The number of benzene rings is 1. The van der Waals surface area contributed by atoms with Gasteiger partial charge in [0.25, 0.3) is 0 Å². The molecule has 0 bridgehead atoms. The molecule has 0 aromatic heterocycles. The topological polar surface area (TPSA) is 60.0 Å². The lowest BCUT2D eigenvalue weighted by Gasteiger charge is -2.39. The molecule has 0 radical (unpaired) electrons. The predicted octanol–water partition coefficient (Wildman–Crippen LogP) is 2.31. The van der Waals surface area contributed by atoms with Crippen molar-refractivity contribution in [1.29, 1.82) is 0 Å². The summed E-state index contributed by atoms with van der Waals surface area (Å²) in [6.07, 6.45) is 1.32. The molecule has 0 spiro atoms. The largest absolute Gasteiger partial charge is 0.497 e. The Kier molecular flexibility index (Phi) is 5.03. The van der Waals surface area contributed by atoms with Crippen molar-refractivity contribution in [3.05, 3.63) is 24.3 Å². The van der Waals surface area contributed by atoms with E-state index in [9.17, 15) is 4.79 Å². The van der Waals surface area contributed by atoms with Crippen LogP contribution in [0.3, 0.4) is 0 Å². The van der Waals surface area contributed by atoms with Gasteiger partial charge in [-0.05, 0) is 12.1 Å². The number of rotatable bonds is 4. The molecule has 1 heterocycles. The molecule has 0 atom stereocenters. The fourth-order valence-corrected chi connectivity index (χ4v) is 2.45. The van der Waals surface area contributed by atoms with Crippen molar-refractivity contribution < 1.29 is 19.0 Å². The van der Waals surface area contributed by atoms with E-state index in [1.165, 1.54) is 0 Å². The fraction of sp³-hybridized carbons (Fsp3) is 0.533. The Balaban J connectivity index is 1.93. The minimum Gasteiger partial charge on any atom is -0.497 e. The average molecular weight is 294 g/mol. The van der Waals surface area contributed by atoms with E-state index in [2.05, 4.69) is 5.32 Å². The molecule has 0 saturated carbocycles. The van der Waals surface area contributed by atoms with Crippen LogP contribution in [0.4, 0.5) is 10.5 Å². The second-order valence-corrected chi connectivity index (χ2v) is 4.97. The van der Waals surface area contributed by atoms with E-state index in [4.69, 9.17) is 14.2 Å². The van der Waals surface area contributed by atoms with Gasteiger partial charge in [0.1, 0.15) is 5.75 Å². The zero-order valence-electron chi connectivity index (χ0n) is 12.7. The SMILES string of the molecule is COc1cccc(NC(=O)N2CCC(OC)(OC)CC2)c1. The van der Waals surface area contributed by atoms with Crippen LogP contribution >= 0.6 is 0 Å². The molecule has 1 saturated heterocycles. The zero-order chi connectivity index (χ0) is 15.3. The first kappa shape index (κ1) is 15.6. The Bertz CT molecular complexity index is 478. The summed E-state index contributed by atoms with van der Waals surface area (Å²) in [5.74, 6) is 0.149. The summed E-state index contributed by atoms with van der Waals surface area (Å²) in [5.41, 5.74) is 0.717. The summed E-state index contributed by atoms with van der Waals surface area (Å²) >= 11 is 0. The van der Waals surface area contributed by atoms with E-state index < -0.39 is 5.79 Å². The van der Waals surface area contributed by atoms with E-state index in [0.717, 1.165) is 5.69 Å². The van der Waals surface area contributed by atoms with E-state index in [-0.39, 0.29) is 6.03 Å². The first-order valence-electron chi connectivity index (χ1n) is 6.93. The lowest BCUT2D eigenvalue weighted by molar-refractivity contribution is -0.226. The van der Waals surface area contributed by atoms with Crippen molar-refractivity contribution in [2.75, 3.05) is 39.7 Å². The molecule has 0 aliphatic carbocycles. The van der Waals surface area contributed by atoms with Crippen LogP contribution in [0.5, 0.6) is 5.75 Å². The predicted molar refractivity (Wildman–Crippen MR) is 79.6 cm³/mol. The quantitative estimate of drug-likeness (QED) is 0.866. The Morgan fingerprint density at radius 2 is 1.86 bits per heavy atom. The number of amides is 2. The molecule has 1 aromatic carbocycles. The number of nitrogens with one attached hydrogen (secondary N) is 1. The van der Waals surface area contributed by atoms with E-state index in [0.29, 0.717) is 31.7 Å². The van der Waals surface area contributed by atoms with Gasteiger partial charge >= 0.3 is 6.03 Å². The number of ether oxygens (including phenoxy) is 3. The van der Waals surface area contributed by atoms with E-state index in [1.54, 1.807) is 32.3 Å². The van der Waals surface area contributed by atoms with Gasteiger partial charge in [0, 0.05) is 51.9 Å². The smallest absolute Gasteiger partial charge is 0.321 e. The molecule has 2 rings (SSSR count). The number of hydrogen-bond donors (Lipinski definition) is 1. The number of carbonyl (C=O) groups excluding carboxylic acids is 1. The molecule has 1 aromatic rings. The minimum absolute atomic E-state index is 0.121. The van der Waals surface area contributed by atoms with Gasteiger partial charge in [0.05, 0.1) is 7.11 Å². The summed E-state index contributed by atoms with van der Waals surface area (Å²) in [6, 6.07) is 7.17. The molecular formula is C15H22N2O4.